The first-order chi connectivity index (χ1) is 21.0. The van der Waals surface area contributed by atoms with E-state index in [1.807, 2.05) is 0 Å². The number of azide groups is 1. The molecule has 6 rings (SSSR count). The molecule has 0 amide bonds. The fourth-order valence-corrected chi connectivity index (χ4v) is 6.59. The van der Waals surface area contributed by atoms with Crippen LogP contribution in [0.25, 0.3) is 10.4 Å². The third-order valence-electron chi connectivity index (χ3n) is 8.69. The number of phenols is 2. The van der Waals surface area contributed by atoms with E-state index in [9.17, 15) is 24.6 Å². The Labute approximate surface area is 250 Å². The van der Waals surface area contributed by atoms with E-state index < -0.39 is 82.6 Å². The molecule has 15 nitrogen and oxygen atoms in total. The zero-order valence-corrected chi connectivity index (χ0v) is 24.0. The lowest BCUT2D eigenvalue weighted by Gasteiger charge is -2.46. The quantitative estimate of drug-likeness (QED) is 0.164. The first-order valence-corrected chi connectivity index (χ1v) is 13.9. The van der Waals surface area contributed by atoms with Gasteiger partial charge in [-0.3, -0.25) is 14.4 Å². The summed E-state index contributed by atoms with van der Waals surface area (Å²) in [6, 6.07) is 3.14. The monoisotopic (exact) mass is 610 g/mol. The van der Waals surface area contributed by atoms with Gasteiger partial charge in [-0.05, 0) is 18.5 Å². The van der Waals surface area contributed by atoms with E-state index in [0.29, 0.717) is 0 Å². The molecule has 4 unspecified atom stereocenters. The number of carbonyl (C=O) groups excluding carboxylic acids is 3. The van der Waals surface area contributed by atoms with Crippen molar-refractivity contribution in [3.8, 4) is 17.2 Å². The SMILES string of the molecule is COc1cccc2c1C(=O)c1c(O)c3c(c(O)c1C2=O)C[C@@]1(CC3O[C@H]2CC(N)[C@H](N=[N+]=[N-])C(C)O2)OC(OC)OCC1=O. The van der Waals surface area contributed by atoms with Crippen molar-refractivity contribution in [2.24, 2.45) is 10.8 Å². The lowest BCUT2D eigenvalue weighted by atomic mass is 9.71. The van der Waals surface area contributed by atoms with Crippen LogP contribution < -0.4 is 10.5 Å². The molecule has 4 aliphatic rings. The molecule has 44 heavy (non-hydrogen) atoms. The number of benzene rings is 2. The minimum Gasteiger partial charge on any atom is -0.507 e. The van der Waals surface area contributed by atoms with Gasteiger partial charge in [0.2, 0.25) is 5.78 Å². The number of Topliss-reactive ketones (excluding diaryl/α,β-unsaturated/α-hetero) is 1. The van der Waals surface area contributed by atoms with Gasteiger partial charge in [-0.15, -0.1) is 0 Å². The third-order valence-corrected chi connectivity index (χ3v) is 8.69. The average molecular weight is 611 g/mol. The Kier molecular flexibility index (Phi) is 7.58. The van der Waals surface area contributed by atoms with Gasteiger partial charge in [0.15, 0.2) is 17.9 Å². The molecule has 0 radical (unpaired) electrons. The summed E-state index contributed by atoms with van der Waals surface area (Å²) in [6.07, 6.45) is -3.28. The van der Waals surface area contributed by atoms with Gasteiger partial charge < -0.3 is 44.4 Å². The Bertz CT molecular complexity index is 1610. The molecule has 2 saturated heterocycles. The lowest BCUT2D eigenvalue weighted by Crippen LogP contribution is -2.57. The van der Waals surface area contributed by atoms with Crippen molar-refractivity contribution in [1.29, 1.82) is 0 Å². The number of fused-ring (bicyclic) bond motifs is 3. The van der Waals surface area contributed by atoms with Crippen molar-refractivity contribution in [2.45, 2.75) is 68.8 Å². The van der Waals surface area contributed by atoms with Gasteiger partial charge in [0.05, 0.1) is 42.0 Å². The molecule has 2 heterocycles. The number of methoxy groups -OCH3 is 2. The highest BCUT2D eigenvalue weighted by Crippen LogP contribution is 2.54. The molecule has 1 spiro atoms. The predicted octanol–water partition coefficient (Wildman–Crippen LogP) is 2.31. The average Bonchev–Trinajstić information content (AvgIpc) is 3.00. The molecule has 0 bridgehead atoms. The summed E-state index contributed by atoms with van der Waals surface area (Å²) in [7, 11) is 2.67. The number of aromatic hydroxyl groups is 2. The maximum atomic E-state index is 13.9. The van der Waals surface area contributed by atoms with Crippen molar-refractivity contribution in [3.05, 3.63) is 62.0 Å². The van der Waals surface area contributed by atoms with Crippen molar-refractivity contribution in [1.82, 2.24) is 0 Å². The highest BCUT2D eigenvalue weighted by Gasteiger charge is 2.54. The second-order valence-corrected chi connectivity index (χ2v) is 11.1. The third kappa shape index (κ3) is 4.52. The second kappa shape index (κ2) is 11.1. The van der Waals surface area contributed by atoms with Crippen LogP contribution in [-0.4, -0.2) is 84.9 Å². The van der Waals surface area contributed by atoms with Gasteiger partial charge in [0.25, 0.3) is 6.48 Å². The first-order valence-electron chi connectivity index (χ1n) is 13.9. The van der Waals surface area contributed by atoms with Gasteiger partial charge in [-0.1, -0.05) is 17.2 Å². The molecule has 2 aliphatic carbocycles. The molecule has 15 heteroatoms. The highest BCUT2D eigenvalue weighted by molar-refractivity contribution is 6.31. The number of carbonyl (C=O) groups is 3. The number of rotatable bonds is 5. The molecule has 2 aromatic carbocycles. The van der Waals surface area contributed by atoms with Crippen molar-refractivity contribution < 1.29 is 53.0 Å². The Hall–Kier alpha value is -4.08. The van der Waals surface area contributed by atoms with E-state index in [1.54, 1.807) is 6.92 Å². The molecule has 0 aromatic heterocycles. The number of hydrogen-bond acceptors (Lipinski definition) is 13. The van der Waals surface area contributed by atoms with Crippen molar-refractivity contribution in [2.75, 3.05) is 20.8 Å². The molecule has 2 fully saturated rings. The number of ketones is 3. The van der Waals surface area contributed by atoms with E-state index in [2.05, 4.69) is 10.0 Å². The summed E-state index contributed by atoms with van der Waals surface area (Å²) in [5.74, 6) is -3.00. The first kappa shape index (κ1) is 30.0. The largest absolute Gasteiger partial charge is 0.507 e. The van der Waals surface area contributed by atoms with Gasteiger partial charge >= 0.3 is 0 Å². The number of ether oxygens (including phenoxy) is 6. The molecular formula is C29H30N4O11. The van der Waals surface area contributed by atoms with Crippen molar-refractivity contribution >= 4 is 17.3 Å². The summed E-state index contributed by atoms with van der Waals surface area (Å²) in [5, 5.41) is 27.1. The number of nitrogens with zero attached hydrogens (tertiary/aromatic N) is 3. The Morgan fingerprint density at radius 1 is 1.11 bits per heavy atom. The van der Waals surface area contributed by atoms with Crippen LogP contribution in [0.4, 0.5) is 0 Å². The van der Waals surface area contributed by atoms with E-state index >= 15 is 0 Å². The zero-order valence-electron chi connectivity index (χ0n) is 24.0. The fraction of sp³-hybridized carbons (Fsp3) is 0.483. The van der Waals surface area contributed by atoms with Crippen molar-refractivity contribution in [3.63, 3.8) is 0 Å². The van der Waals surface area contributed by atoms with Crippen LogP contribution in [0.2, 0.25) is 0 Å². The summed E-state index contributed by atoms with van der Waals surface area (Å²) < 4.78 is 34.1. The molecule has 7 atom stereocenters. The molecule has 2 aliphatic heterocycles. The maximum absolute atomic E-state index is 13.9. The Morgan fingerprint density at radius 2 is 1.86 bits per heavy atom. The van der Waals surface area contributed by atoms with Crippen LogP contribution >= 0.6 is 0 Å². The Balaban J connectivity index is 1.50. The minimum atomic E-state index is -1.66. The normalized spacial score (nSPS) is 31.1. The number of nitrogens with two attached hydrogens (primary N) is 1. The van der Waals surface area contributed by atoms with Crippen LogP contribution in [0.15, 0.2) is 23.3 Å². The van der Waals surface area contributed by atoms with Gasteiger partial charge in [0, 0.05) is 54.0 Å². The molecule has 2 aromatic rings. The summed E-state index contributed by atoms with van der Waals surface area (Å²) in [4.78, 5) is 43.8. The Morgan fingerprint density at radius 3 is 2.55 bits per heavy atom. The fourth-order valence-electron chi connectivity index (χ4n) is 6.59. The highest BCUT2D eigenvalue weighted by atomic mass is 16.9. The van der Waals surface area contributed by atoms with Gasteiger partial charge in [0.1, 0.15) is 29.5 Å². The smallest absolute Gasteiger partial charge is 0.272 e. The van der Waals surface area contributed by atoms with Crippen LogP contribution in [0.5, 0.6) is 17.2 Å². The van der Waals surface area contributed by atoms with E-state index in [1.165, 1.54) is 32.4 Å². The minimum absolute atomic E-state index is 0.00905. The summed E-state index contributed by atoms with van der Waals surface area (Å²) in [6.45, 7) is 0.0573. The summed E-state index contributed by atoms with van der Waals surface area (Å²) >= 11 is 0. The maximum Gasteiger partial charge on any atom is 0.272 e. The number of hydrogen-bond donors (Lipinski definition) is 3. The molecule has 4 N–H and O–H groups in total. The van der Waals surface area contributed by atoms with E-state index in [4.69, 9.17) is 39.7 Å². The molecular weight excluding hydrogens is 580 g/mol. The topological polar surface area (TPSA) is 222 Å². The predicted molar refractivity (Wildman–Crippen MR) is 147 cm³/mol. The standard InChI is InChI=1S/C29H30N4O11/c1-11-23(32-33-31)14(30)7-18(42-11)43-16-9-29(17(34)10-41-28(40-3)44-29)8-13-20(16)27(38)22-21(25(13)36)24(35)12-5-4-6-15(39-2)19(12)26(22)37/h4-6,11,14,16,18,23,28,36,38H,7-10,30H2,1-3H3/t11?,14?,16?,18-,23+,28?,29-/m0/s1. The molecule has 232 valence electrons. The van der Waals surface area contributed by atoms with Gasteiger partial charge in [-0.2, -0.15) is 0 Å². The summed E-state index contributed by atoms with van der Waals surface area (Å²) in [5.41, 5.74) is 12.6. The zero-order chi connectivity index (χ0) is 31.5. The lowest BCUT2D eigenvalue weighted by molar-refractivity contribution is -0.337. The van der Waals surface area contributed by atoms with Crippen LogP contribution in [0.3, 0.4) is 0 Å². The van der Waals surface area contributed by atoms with Crippen LogP contribution in [0, 0.1) is 0 Å². The van der Waals surface area contributed by atoms with Crippen LogP contribution in [-0.2, 0) is 34.9 Å². The number of phenolic OH excluding ortho intramolecular Hbond substituents is 2. The van der Waals surface area contributed by atoms with E-state index in [-0.39, 0.29) is 53.9 Å². The molecule has 0 saturated carbocycles. The van der Waals surface area contributed by atoms with E-state index in [0.717, 1.165) is 0 Å². The second-order valence-electron chi connectivity index (χ2n) is 11.1. The van der Waals surface area contributed by atoms with Gasteiger partial charge in [-0.25, -0.2) is 0 Å². The van der Waals surface area contributed by atoms with Crippen LogP contribution in [0.1, 0.15) is 68.8 Å².